The number of rotatable bonds is 1. The lowest BCUT2D eigenvalue weighted by atomic mass is 9.95. The predicted molar refractivity (Wildman–Crippen MR) is 67.6 cm³/mol. The molecule has 1 aliphatic heterocycles. The molecule has 1 saturated carbocycles. The van der Waals surface area contributed by atoms with Gasteiger partial charge in [-0.15, -0.1) is 0 Å². The molecule has 2 aliphatic rings. The molecule has 96 valence electrons. The zero-order chi connectivity index (χ0) is 12.7. The highest BCUT2D eigenvalue weighted by Gasteiger charge is 2.36. The Labute approximate surface area is 111 Å². The van der Waals surface area contributed by atoms with Crippen molar-refractivity contribution in [3.63, 3.8) is 0 Å². The Morgan fingerprint density at radius 3 is 2.83 bits per heavy atom. The summed E-state index contributed by atoms with van der Waals surface area (Å²) in [5.74, 6) is 1.12. The van der Waals surface area contributed by atoms with Crippen molar-refractivity contribution in [3.8, 4) is 0 Å². The number of carboxylic acid groups (broad SMARTS) is 1. The topological polar surface area (TPSA) is 53.4 Å². The summed E-state index contributed by atoms with van der Waals surface area (Å²) in [6.45, 7) is 0.975. The molecule has 0 bridgehead atoms. The number of hydrogen-bond acceptors (Lipinski definition) is 2. The number of pyridine rings is 1. The Bertz CT molecular complexity index is 488. The van der Waals surface area contributed by atoms with Gasteiger partial charge in [0.25, 0.3) is 0 Å². The van der Waals surface area contributed by atoms with Crippen LogP contribution >= 0.6 is 11.6 Å². The van der Waals surface area contributed by atoms with Gasteiger partial charge in [0.15, 0.2) is 0 Å². The lowest BCUT2D eigenvalue weighted by Crippen LogP contribution is -2.33. The minimum Gasteiger partial charge on any atom is -0.465 e. The van der Waals surface area contributed by atoms with Crippen molar-refractivity contribution in [2.75, 3.05) is 6.54 Å². The van der Waals surface area contributed by atoms with Crippen molar-refractivity contribution in [1.82, 2.24) is 9.88 Å². The maximum atomic E-state index is 11.3. The van der Waals surface area contributed by atoms with Crippen LogP contribution in [0, 0.1) is 11.8 Å². The summed E-state index contributed by atoms with van der Waals surface area (Å²) >= 11 is 5.89. The van der Waals surface area contributed by atoms with Crippen LogP contribution in [0.3, 0.4) is 0 Å². The van der Waals surface area contributed by atoms with E-state index >= 15 is 0 Å². The second kappa shape index (κ2) is 4.43. The summed E-state index contributed by atoms with van der Waals surface area (Å²) in [6.07, 6.45) is 2.52. The van der Waals surface area contributed by atoms with E-state index in [1.807, 2.05) is 6.07 Å². The highest BCUT2D eigenvalue weighted by Crippen LogP contribution is 2.40. The monoisotopic (exact) mass is 266 g/mol. The molecule has 1 amide bonds. The van der Waals surface area contributed by atoms with E-state index in [0.29, 0.717) is 30.1 Å². The Kier molecular flexibility index (Phi) is 2.90. The average Bonchev–Trinajstić information content (AvgIpc) is 3.13. The molecule has 1 N–H and O–H groups in total. The second-order valence-corrected chi connectivity index (χ2v) is 5.59. The Morgan fingerprint density at radius 1 is 1.39 bits per heavy atom. The lowest BCUT2D eigenvalue weighted by molar-refractivity contribution is 0.133. The van der Waals surface area contributed by atoms with E-state index in [2.05, 4.69) is 4.98 Å². The molecular weight excluding hydrogens is 252 g/mol. The van der Waals surface area contributed by atoms with E-state index in [0.717, 1.165) is 17.7 Å². The maximum Gasteiger partial charge on any atom is 0.407 e. The minimum atomic E-state index is -0.865. The van der Waals surface area contributed by atoms with Gasteiger partial charge in [0, 0.05) is 6.54 Å². The van der Waals surface area contributed by atoms with Crippen LogP contribution in [0.5, 0.6) is 0 Å². The van der Waals surface area contributed by atoms with Gasteiger partial charge in [-0.25, -0.2) is 9.78 Å². The van der Waals surface area contributed by atoms with E-state index < -0.39 is 6.09 Å². The molecule has 2 heterocycles. The van der Waals surface area contributed by atoms with E-state index in [9.17, 15) is 9.90 Å². The van der Waals surface area contributed by atoms with E-state index in [4.69, 9.17) is 11.6 Å². The zero-order valence-corrected chi connectivity index (χ0v) is 10.7. The molecule has 0 saturated heterocycles. The Balaban J connectivity index is 1.94. The summed E-state index contributed by atoms with van der Waals surface area (Å²) in [6, 6.07) is 3.78. The minimum absolute atomic E-state index is 0.356. The van der Waals surface area contributed by atoms with Crippen molar-refractivity contribution in [2.24, 2.45) is 11.8 Å². The van der Waals surface area contributed by atoms with Gasteiger partial charge in [0.1, 0.15) is 5.15 Å². The van der Waals surface area contributed by atoms with Crippen LogP contribution < -0.4 is 0 Å². The van der Waals surface area contributed by atoms with E-state index in [1.165, 1.54) is 17.7 Å². The van der Waals surface area contributed by atoms with Crippen LogP contribution in [-0.4, -0.2) is 27.6 Å². The summed E-state index contributed by atoms with van der Waals surface area (Å²) in [5, 5.41) is 9.68. The molecule has 5 heteroatoms. The quantitative estimate of drug-likeness (QED) is 0.795. The lowest BCUT2D eigenvalue weighted by Gasteiger charge is -2.21. The number of carbonyl (C=O) groups is 1. The molecule has 1 aromatic rings. The van der Waals surface area contributed by atoms with Crippen molar-refractivity contribution in [3.05, 3.63) is 28.5 Å². The van der Waals surface area contributed by atoms with Gasteiger partial charge in [0.2, 0.25) is 0 Å². The van der Waals surface area contributed by atoms with E-state index in [1.54, 1.807) is 6.07 Å². The molecule has 1 aromatic heterocycles. The molecule has 1 fully saturated rings. The van der Waals surface area contributed by atoms with Crippen LogP contribution in [0.25, 0.3) is 0 Å². The van der Waals surface area contributed by atoms with Gasteiger partial charge < -0.3 is 10.0 Å². The average molecular weight is 267 g/mol. The first-order valence-electron chi connectivity index (χ1n) is 6.25. The first kappa shape index (κ1) is 11.8. The first-order chi connectivity index (χ1) is 8.63. The number of hydrogen-bond donors (Lipinski definition) is 1. The molecule has 18 heavy (non-hydrogen) atoms. The third-order valence-electron chi connectivity index (χ3n) is 3.87. The standard InChI is InChI=1S/C13H15ClN2O2/c14-12-4-3-9-5-10(8-1-2-8)6-16(13(17)18)7-11(9)15-12/h3-4,8,10H,1-2,5-7H2,(H,17,18). The summed E-state index contributed by atoms with van der Waals surface area (Å²) < 4.78 is 0. The maximum absolute atomic E-state index is 11.3. The van der Waals surface area contributed by atoms with Crippen LogP contribution in [-0.2, 0) is 13.0 Å². The second-order valence-electron chi connectivity index (χ2n) is 5.20. The largest absolute Gasteiger partial charge is 0.465 e. The number of nitrogens with zero attached hydrogens (tertiary/aromatic N) is 2. The molecular formula is C13H15ClN2O2. The van der Waals surface area contributed by atoms with Gasteiger partial charge in [-0.3, -0.25) is 0 Å². The summed E-state index contributed by atoms with van der Waals surface area (Å²) in [4.78, 5) is 17.0. The molecule has 0 spiro atoms. The summed E-state index contributed by atoms with van der Waals surface area (Å²) in [5.41, 5.74) is 1.97. The highest BCUT2D eigenvalue weighted by atomic mass is 35.5. The molecule has 4 nitrogen and oxygen atoms in total. The fourth-order valence-corrected chi connectivity index (χ4v) is 2.90. The normalized spacial score (nSPS) is 23.4. The smallest absolute Gasteiger partial charge is 0.407 e. The SMILES string of the molecule is O=C(O)N1Cc2nc(Cl)ccc2CC(C2CC2)C1. The van der Waals surface area contributed by atoms with Crippen molar-refractivity contribution < 1.29 is 9.90 Å². The number of aromatic nitrogens is 1. The van der Waals surface area contributed by atoms with Crippen molar-refractivity contribution in [2.45, 2.75) is 25.8 Å². The van der Waals surface area contributed by atoms with Crippen molar-refractivity contribution >= 4 is 17.7 Å². The Morgan fingerprint density at radius 2 is 2.17 bits per heavy atom. The van der Waals surface area contributed by atoms with Gasteiger partial charge in [-0.1, -0.05) is 17.7 Å². The summed E-state index contributed by atoms with van der Waals surface area (Å²) in [7, 11) is 0. The molecule has 1 aliphatic carbocycles. The van der Waals surface area contributed by atoms with Gasteiger partial charge >= 0.3 is 6.09 Å². The zero-order valence-electron chi connectivity index (χ0n) is 9.97. The number of amides is 1. The van der Waals surface area contributed by atoms with Gasteiger partial charge in [-0.2, -0.15) is 0 Å². The number of halogens is 1. The first-order valence-corrected chi connectivity index (χ1v) is 6.63. The van der Waals surface area contributed by atoms with Gasteiger partial charge in [-0.05, 0) is 42.7 Å². The highest BCUT2D eigenvalue weighted by molar-refractivity contribution is 6.29. The molecule has 1 unspecified atom stereocenters. The fraction of sp³-hybridized carbons (Fsp3) is 0.538. The van der Waals surface area contributed by atoms with Crippen LogP contribution in [0.15, 0.2) is 12.1 Å². The Hall–Kier alpha value is -1.29. The molecule has 1 atom stereocenters. The molecule has 0 radical (unpaired) electrons. The van der Waals surface area contributed by atoms with Gasteiger partial charge in [0.05, 0.1) is 12.2 Å². The van der Waals surface area contributed by atoms with Crippen LogP contribution in [0.1, 0.15) is 24.1 Å². The third-order valence-corrected chi connectivity index (χ3v) is 4.08. The predicted octanol–water partition coefficient (Wildman–Crippen LogP) is 2.80. The van der Waals surface area contributed by atoms with Crippen molar-refractivity contribution in [1.29, 1.82) is 0 Å². The number of fused-ring (bicyclic) bond motifs is 1. The van der Waals surface area contributed by atoms with Crippen LogP contribution in [0.2, 0.25) is 5.15 Å². The fourth-order valence-electron chi connectivity index (χ4n) is 2.73. The van der Waals surface area contributed by atoms with Crippen LogP contribution in [0.4, 0.5) is 4.79 Å². The molecule has 0 aromatic carbocycles. The third kappa shape index (κ3) is 2.29. The molecule has 3 rings (SSSR count). The van der Waals surface area contributed by atoms with E-state index in [-0.39, 0.29) is 0 Å².